The van der Waals surface area contributed by atoms with Crippen LogP contribution in [0.25, 0.3) is 83.2 Å². The average Bonchev–Trinajstić information content (AvgIpc) is 0.709. The summed E-state index contributed by atoms with van der Waals surface area (Å²) in [6.07, 6.45) is 8.61. The minimum Gasteiger partial charge on any atom is -0.507 e. The number of aromatic nitrogens is 6. The van der Waals surface area contributed by atoms with Gasteiger partial charge in [-0.1, -0.05) is 79.5 Å². The van der Waals surface area contributed by atoms with Gasteiger partial charge in [-0.3, -0.25) is 57.4 Å². The lowest BCUT2D eigenvalue weighted by molar-refractivity contribution is -0.129. The first-order valence-corrected chi connectivity index (χ1v) is 44.5. The van der Waals surface area contributed by atoms with Crippen LogP contribution < -0.4 is 46.1 Å². The van der Waals surface area contributed by atoms with Crippen LogP contribution in [0, 0.1) is 73.1 Å². The molecule has 3 amide bonds. The fourth-order valence-electron chi connectivity index (χ4n) is 20.6. The molecule has 135 heavy (non-hydrogen) atoms. The second-order valence-electron chi connectivity index (χ2n) is 36.5. The Morgan fingerprint density at radius 1 is 0.356 bits per heavy atom. The van der Waals surface area contributed by atoms with E-state index in [1.165, 1.54) is 50.1 Å². The van der Waals surface area contributed by atoms with Gasteiger partial charge in [0.2, 0.25) is 17.7 Å². The lowest BCUT2D eigenvalue weighted by Gasteiger charge is -2.51. The molecule has 12 aromatic rings. The number of nitrogens with zero attached hydrogens (tertiary/aromatic N) is 15. The summed E-state index contributed by atoms with van der Waals surface area (Å²) in [5.41, 5.74) is -0.448. The van der Waals surface area contributed by atoms with E-state index in [-0.39, 0.29) is 121 Å². The Labute approximate surface area is 772 Å². The van der Waals surface area contributed by atoms with E-state index < -0.39 is 120 Å². The fourth-order valence-corrected chi connectivity index (χ4v) is 20.6. The highest BCUT2D eigenvalue weighted by molar-refractivity contribution is 6.07. The topological polar surface area (TPSA) is 246 Å². The number of hydrogen-bond donors (Lipinski definition) is 3. The number of phenols is 3. The van der Waals surface area contributed by atoms with E-state index in [0.717, 1.165) is 54.6 Å². The Morgan fingerprint density at radius 2 is 0.600 bits per heavy atom. The van der Waals surface area contributed by atoms with Crippen molar-refractivity contribution in [2.45, 2.75) is 137 Å². The van der Waals surface area contributed by atoms with Gasteiger partial charge in [0.25, 0.3) is 16.7 Å². The van der Waals surface area contributed by atoms with Gasteiger partial charge in [0.1, 0.15) is 69.2 Å². The number of phenolic OH excluding ortho intramolecular Hbond substituents is 3. The van der Waals surface area contributed by atoms with E-state index in [1.54, 1.807) is 108 Å². The second-order valence-corrected chi connectivity index (χ2v) is 36.5. The second kappa shape index (κ2) is 35.9. The molecule has 6 aromatic heterocycles. The summed E-state index contributed by atoms with van der Waals surface area (Å²) >= 11 is 0. The molecule has 6 aromatic carbocycles. The quantitative estimate of drug-likeness (QED) is 0.0760. The number of amides is 3. The lowest BCUT2D eigenvalue weighted by Crippen LogP contribution is -2.64. The summed E-state index contributed by atoms with van der Waals surface area (Å²) in [5, 5.41) is 32.0. The molecule has 18 rings (SSSR count). The standard InChI is InChI=1S/3C34H34F3N5O3/c3*1-7-25(44)40-16-20-15-39(6)33-32(41(20)14-19(40)5)21-13-23(36)27(26-22(35)9-8-10-24(26)43)28(37)31(21)42(34(33)45)30-18(4)11-12-38-29(30)17(2)3/h3*7-13,17,19-20,43H,1,14-16H2,2-6H3/t3*19-,20+/m111/s1. The van der Waals surface area contributed by atoms with Gasteiger partial charge in [-0.2, -0.15) is 0 Å². The number of benzene rings is 6. The molecule has 0 aliphatic carbocycles. The van der Waals surface area contributed by atoms with Crippen LogP contribution in [-0.4, -0.2) is 193 Å². The minimum atomic E-state index is -1.19. The van der Waals surface area contributed by atoms with E-state index in [2.05, 4.69) is 34.7 Å². The van der Waals surface area contributed by atoms with E-state index in [1.807, 2.05) is 77.0 Å². The zero-order valence-corrected chi connectivity index (χ0v) is 77.2. The number of carbonyl (C=O) groups excluding carboxylic acids is 3. The van der Waals surface area contributed by atoms with Crippen LogP contribution in [0.1, 0.15) is 114 Å². The van der Waals surface area contributed by atoms with Crippen LogP contribution in [0.2, 0.25) is 0 Å². The monoisotopic (exact) mass is 1850 g/mol. The molecule has 0 unspecified atom stereocenters. The van der Waals surface area contributed by atoms with Crippen molar-refractivity contribution in [1.82, 2.24) is 43.4 Å². The molecule has 0 bridgehead atoms. The first-order chi connectivity index (χ1) is 64.1. The summed E-state index contributed by atoms with van der Waals surface area (Å²) in [6.45, 7) is 36.1. The van der Waals surface area contributed by atoms with Gasteiger partial charge in [-0.05, 0) is 167 Å². The number of pyridine rings is 6. The number of halogens is 9. The highest BCUT2D eigenvalue weighted by Gasteiger charge is 2.48. The van der Waals surface area contributed by atoms with Gasteiger partial charge in [-0.25, -0.2) is 39.5 Å². The van der Waals surface area contributed by atoms with Gasteiger partial charge in [-0.15, -0.1) is 0 Å². The van der Waals surface area contributed by atoms with Gasteiger partial charge < -0.3 is 59.4 Å². The van der Waals surface area contributed by atoms with Crippen LogP contribution in [0.15, 0.2) is 162 Å². The highest BCUT2D eigenvalue weighted by atomic mass is 19.2. The number of likely N-dealkylation sites (N-methyl/N-ethyl adjacent to an activating group) is 3. The maximum absolute atomic E-state index is 17.2. The Bertz CT molecular complexity index is 6480. The fraction of sp³-hybridized carbons (Fsp3) is 0.324. The first-order valence-electron chi connectivity index (χ1n) is 44.5. The Balaban J connectivity index is 0.000000147. The molecule has 6 aliphatic rings. The van der Waals surface area contributed by atoms with Crippen LogP contribution >= 0.6 is 0 Å². The van der Waals surface area contributed by atoms with Crippen LogP contribution in [-0.2, 0) is 14.4 Å². The summed E-state index contributed by atoms with van der Waals surface area (Å²) in [6, 6.07) is 16.8. The summed E-state index contributed by atoms with van der Waals surface area (Å²) in [5.74, 6) is -13.0. The maximum Gasteiger partial charge on any atom is 0.281 e. The number of aryl methyl sites for hydroxylation is 3. The minimum absolute atomic E-state index is 0.101. The van der Waals surface area contributed by atoms with Gasteiger partial charge in [0, 0.05) is 133 Å². The molecular formula is C102H102F9N15O9. The van der Waals surface area contributed by atoms with Crippen molar-refractivity contribution < 1.29 is 69.2 Å². The predicted molar refractivity (Wildman–Crippen MR) is 507 cm³/mol. The first kappa shape index (κ1) is 93.8. The van der Waals surface area contributed by atoms with Crippen molar-refractivity contribution in [3.05, 3.63) is 265 Å². The lowest BCUT2D eigenvalue weighted by atomic mass is 9.95. The molecule has 3 saturated heterocycles. The zero-order chi connectivity index (χ0) is 97.4. The number of piperazine rings is 3. The van der Waals surface area contributed by atoms with Crippen molar-refractivity contribution in [3.63, 3.8) is 0 Å². The maximum atomic E-state index is 17.2. The SMILES string of the molecule is C=CC(=O)N1C[C@@H]2CN(C)c3c(c4cc(F)c(-c5c(O)cccc5F)c(F)c4n(-c4c(C)ccnc4C(C)C)c3=O)N2C[C@H]1C.C=CC(=O)N1C[C@@H]2CN(C)c3c(c4cc(F)c(-c5c(O)cccc5F)c(F)c4n(-c4c(C)ccnc4C(C)C)c3=O)N2C[C@H]1C.C=CC(=O)N1C[C@@H]2CN(C)c3c(c4cc(F)c(-c5c(O)cccc5F)c(F)c4n(-c4c(C)ccnc4C(C)C)c3=O)N2C[C@H]1C. The van der Waals surface area contributed by atoms with Crippen LogP contribution in [0.3, 0.4) is 0 Å². The van der Waals surface area contributed by atoms with E-state index in [9.17, 15) is 44.1 Å². The third-order valence-electron chi connectivity index (χ3n) is 26.8. The number of carbonyl (C=O) groups is 3. The average molecular weight is 1850 g/mol. The van der Waals surface area contributed by atoms with Crippen LogP contribution in [0.4, 0.5) is 73.6 Å². The van der Waals surface area contributed by atoms with E-state index in [4.69, 9.17) is 0 Å². The molecule has 0 saturated carbocycles. The number of hydrogen-bond acceptors (Lipinski definition) is 18. The molecule has 12 heterocycles. The molecule has 0 spiro atoms. The largest absolute Gasteiger partial charge is 0.507 e. The van der Waals surface area contributed by atoms with Crippen LogP contribution in [0.5, 0.6) is 17.2 Å². The summed E-state index contributed by atoms with van der Waals surface area (Å²) < 4.78 is 149. The molecule has 33 heteroatoms. The molecule has 24 nitrogen and oxygen atoms in total. The Hall–Kier alpha value is -14.4. The summed E-state index contributed by atoms with van der Waals surface area (Å²) in [4.78, 5) is 112. The number of rotatable bonds is 12. The Morgan fingerprint density at radius 3 is 0.822 bits per heavy atom. The predicted octanol–water partition coefficient (Wildman–Crippen LogP) is 16.9. The molecule has 6 aliphatic heterocycles. The van der Waals surface area contributed by atoms with Crippen molar-refractivity contribution in [3.8, 4) is 67.7 Å². The molecule has 702 valence electrons. The van der Waals surface area contributed by atoms with Gasteiger partial charge in [0.15, 0.2) is 17.5 Å². The van der Waals surface area contributed by atoms with E-state index in [0.29, 0.717) is 127 Å². The van der Waals surface area contributed by atoms with Crippen molar-refractivity contribution in [1.29, 1.82) is 0 Å². The van der Waals surface area contributed by atoms with Crippen molar-refractivity contribution >= 4 is 84.6 Å². The number of aromatic hydroxyl groups is 3. The summed E-state index contributed by atoms with van der Waals surface area (Å²) in [7, 11) is 5.22. The van der Waals surface area contributed by atoms with Crippen molar-refractivity contribution in [2.24, 2.45) is 0 Å². The molecule has 3 N–H and O–H groups in total. The molecule has 3 fully saturated rings. The third kappa shape index (κ3) is 15.4. The number of fused-ring (bicyclic) bond motifs is 15. The molecule has 6 atom stereocenters. The van der Waals surface area contributed by atoms with Gasteiger partial charge in [0.05, 0.1) is 119 Å². The third-order valence-corrected chi connectivity index (χ3v) is 26.8. The molecular weight excluding hydrogens is 1750 g/mol. The van der Waals surface area contributed by atoms with E-state index >= 15 is 39.5 Å². The highest BCUT2D eigenvalue weighted by Crippen LogP contribution is 2.52. The smallest absolute Gasteiger partial charge is 0.281 e. The van der Waals surface area contributed by atoms with Crippen molar-refractivity contribution in [2.75, 3.05) is 109 Å². The number of anilines is 6. The normalized spacial score (nSPS) is 17.9. The van der Waals surface area contributed by atoms with Gasteiger partial charge >= 0.3 is 0 Å². The Kier molecular flexibility index (Phi) is 24.9. The molecule has 0 radical (unpaired) electrons. The zero-order valence-electron chi connectivity index (χ0n) is 77.2.